The Morgan fingerprint density at radius 1 is 1.11 bits per heavy atom. The Bertz CT molecular complexity index is 1710. The van der Waals surface area contributed by atoms with Crippen molar-refractivity contribution in [1.82, 2.24) is 9.88 Å². The summed E-state index contributed by atoms with van der Waals surface area (Å²) in [6.07, 6.45) is -1.77. The average molecular weight is 636 g/mol. The fourth-order valence-corrected chi connectivity index (χ4v) is 6.97. The molecular weight excluding hydrogens is 602 g/mol. The van der Waals surface area contributed by atoms with Gasteiger partial charge in [0.25, 0.3) is 0 Å². The molecule has 2 saturated heterocycles. The number of fused-ring (bicyclic) bond motifs is 2. The summed E-state index contributed by atoms with van der Waals surface area (Å²) in [5, 5.41) is 0. The van der Waals surface area contributed by atoms with Crippen LogP contribution in [0, 0.1) is 18.7 Å². The van der Waals surface area contributed by atoms with Crippen molar-refractivity contribution >= 4 is 34.9 Å². The van der Waals surface area contributed by atoms with Crippen molar-refractivity contribution in [3.63, 3.8) is 0 Å². The normalized spacial score (nSPS) is 21.7. The summed E-state index contributed by atoms with van der Waals surface area (Å²) in [7, 11) is 1.47. The molecular formula is C34H33F4N5O3. The Morgan fingerprint density at radius 3 is 2.54 bits per heavy atom. The first kappa shape index (κ1) is 31.3. The highest BCUT2D eigenvalue weighted by molar-refractivity contribution is 6.10. The quantitative estimate of drug-likeness (QED) is 0.262. The van der Waals surface area contributed by atoms with E-state index in [2.05, 4.69) is 11.6 Å². The van der Waals surface area contributed by atoms with Crippen LogP contribution in [0.1, 0.15) is 47.7 Å². The van der Waals surface area contributed by atoms with Crippen molar-refractivity contribution in [2.24, 2.45) is 5.92 Å². The number of halogens is 4. The van der Waals surface area contributed by atoms with Gasteiger partial charge in [0.1, 0.15) is 17.7 Å². The summed E-state index contributed by atoms with van der Waals surface area (Å²) in [6, 6.07) is 12.6. The largest absolute Gasteiger partial charge is 0.416 e. The van der Waals surface area contributed by atoms with Crippen LogP contribution in [0.3, 0.4) is 0 Å². The summed E-state index contributed by atoms with van der Waals surface area (Å²) in [5.74, 6) is -2.66. The van der Waals surface area contributed by atoms with Crippen LogP contribution in [0.4, 0.5) is 34.8 Å². The number of hydrogen-bond donors (Lipinski definition) is 0. The molecule has 2 aromatic carbocycles. The second-order valence-corrected chi connectivity index (χ2v) is 12.0. The highest BCUT2D eigenvalue weighted by atomic mass is 19.4. The van der Waals surface area contributed by atoms with Crippen LogP contribution >= 0.6 is 0 Å². The van der Waals surface area contributed by atoms with Crippen LogP contribution in [0.25, 0.3) is 0 Å². The van der Waals surface area contributed by atoms with Crippen molar-refractivity contribution in [2.45, 2.75) is 51.0 Å². The maximum absolute atomic E-state index is 15.6. The number of benzene rings is 2. The molecule has 0 spiro atoms. The number of nitrogens with zero attached hydrogens (tertiary/aromatic N) is 5. The number of pyridine rings is 1. The number of hydrogen-bond acceptors (Lipinski definition) is 5. The lowest BCUT2D eigenvalue weighted by Crippen LogP contribution is -2.52. The first-order chi connectivity index (χ1) is 21.9. The number of alkyl halides is 3. The molecule has 1 aromatic heterocycles. The first-order valence-corrected chi connectivity index (χ1v) is 15.1. The Morgan fingerprint density at radius 2 is 1.85 bits per heavy atom. The van der Waals surface area contributed by atoms with Gasteiger partial charge in [0.2, 0.25) is 17.7 Å². The summed E-state index contributed by atoms with van der Waals surface area (Å²) >= 11 is 0. The van der Waals surface area contributed by atoms with Crippen LogP contribution in [0.15, 0.2) is 67.3 Å². The van der Waals surface area contributed by atoms with Gasteiger partial charge in [-0.15, -0.1) is 0 Å². The molecule has 0 N–H and O–H groups in total. The molecule has 240 valence electrons. The summed E-state index contributed by atoms with van der Waals surface area (Å²) in [5.41, 5.74) is 1.36. The number of rotatable bonds is 5. The van der Waals surface area contributed by atoms with E-state index in [0.717, 1.165) is 41.0 Å². The van der Waals surface area contributed by atoms with Crippen LogP contribution < -0.4 is 14.7 Å². The average Bonchev–Trinajstić information content (AvgIpc) is 3.63. The molecule has 3 aliphatic rings. The van der Waals surface area contributed by atoms with Gasteiger partial charge in [-0.1, -0.05) is 36.9 Å². The van der Waals surface area contributed by atoms with Gasteiger partial charge >= 0.3 is 6.18 Å². The smallest absolute Gasteiger partial charge is 0.363 e. The molecule has 8 nitrogen and oxygen atoms in total. The molecule has 3 aromatic rings. The molecule has 6 rings (SSSR count). The lowest BCUT2D eigenvalue weighted by atomic mass is 9.95. The molecule has 0 saturated carbocycles. The van der Waals surface area contributed by atoms with Gasteiger partial charge in [0, 0.05) is 44.7 Å². The monoisotopic (exact) mass is 635 g/mol. The van der Waals surface area contributed by atoms with Gasteiger partial charge < -0.3 is 14.7 Å². The van der Waals surface area contributed by atoms with Crippen molar-refractivity contribution < 1.29 is 31.9 Å². The standard InChI is InChI=1S/C34H33F4N5O3/c1-4-29(44)42-14-6-9-26(42)22-12-10-21(11-13-22)18-41-19-23-16-30(45)43(28-17-24(34(36,37)38)15-20(2)39-28)31(23)33(46)40(3)27-8-5-7-25(35)32(27)41/h4-5,7-8,10-13,15,17,23,26,31H,1,6,9,14,16,18-19H2,2-3H3/t23-,26+,31+/m1/s1. The maximum Gasteiger partial charge on any atom is 0.416 e. The van der Waals surface area contributed by atoms with Crippen molar-refractivity contribution in [3.05, 3.63) is 95.5 Å². The fourth-order valence-electron chi connectivity index (χ4n) is 6.97. The number of likely N-dealkylation sites (N-methyl/N-ethyl adjacent to an activating group) is 1. The van der Waals surface area contributed by atoms with E-state index in [-0.39, 0.29) is 54.3 Å². The van der Waals surface area contributed by atoms with E-state index in [1.54, 1.807) is 15.9 Å². The maximum atomic E-state index is 15.6. The minimum atomic E-state index is -4.67. The van der Waals surface area contributed by atoms with Crippen molar-refractivity contribution in [2.75, 3.05) is 34.8 Å². The molecule has 0 bridgehead atoms. The minimum Gasteiger partial charge on any atom is -0.363 e. The van der Waals surface area contributed by atoms with Crippen LogP contribution in [0.2, 0.25) is 0 Å². The third-order valence-corrected chi connectivity index (χ3v) is 9.07. The molecule has 3 atom stereocenters. The molecule has 0 aliphatic carbocycles. The van der Waals surface area contributed by atoms with Gasteiger partial charge in [0.05, 0.1) is 23.0 Å². The third kappa shape index (κ3) is 5.60. The summed E-state index contributed by atoms with van der Waals surface area (Å²) < 4.78 is 56.7. The molecule has 4 heterocycles. The Balaban J connectivity index is 1.35. The fraction of sp³-hybridized carbons (Fsp3) is 0.353. The van der Waals surface area contributed by atoms with Gasteiger partial charge in [-0.25, -0.2) is 9.37 Å². The van der Waals surface area contributed by atoms with E-state index in [0.29, 0.717) is 6.54 Å². The van der Waals surface area contributed by atoms with E-state index in [1.807, 2.05) is 24.3 Å². The number of para-hydroxylation sites is 1. The highest BCUT2D eigenvalue weighted by Gasteiger charge is 2.49. The van der Waals surface area contributed by atoms with Gasteiger partial charge in [-0.2, -0.15) is 13.2 Å². The topological polar surface area (TPSA) is 77.1 Å². The second kappa shape index (κ2) is 11.9. The zero-order chi connectivity index (χ0) is 32.9. The Labute approximate surface area is 263 Å². The van der Waals surface area contributed by atoms with Gasteiger partial charge in [0.15, 0.2) is 0 Å². The molecule has 0 radical (unpaired) electrons. The van der Waals surface area contributed by atoms with E-state index >= 15 is 4.39 Å². The van der Waals surface area contributed by atoms with E-state index in [1.165, 1.54) is 37.1 Å². The Hall–Kier alpha value is -4.74. The lowest BCUT2D eigenvalue weighted by molar-refractivity contribution is -0.137. The van der Waals surface area contributed by atoms with Crippen LogP contribution in [0.5, 0.6) is 0 Å². The molecule has 46 heavy (non-hydrogen) atoms. The van der Waals surface area contributed by atoms with E-state index < -0.39 is 41.3 Å². The predicted octanol–water partition coefficient (Wildman–Crippen LogP) is 5.80. The van der Waals surface area contributed by atoms with Crippen LogP contribution in [-0.2, 0) is 27.1 Å². The highest BCUT2D eigenvalue weighted by Crippen LogP contribution is 2.42. The molecule has 3 aliphatic heterocycles. The van der Waals surface area contributed by atoms with E-state index in [4.69, 9.17) is 0 Å². The molecule has 12 heteroatoms. The predicted molar refractivity (Wildman–Crippen MR) is 165 cm³/mol. The summed E-state index contributed by atoms with van der Waals surface area (Å²) in [4.78, 5) is 49.9. The number of carbonyl (C=O) groups is 3. The van der Waals surface area contributed by atoms with Crippen molar-refractivity contribution in [1.29, 1.82) is 0 Å². The minimum absolute atomic E-state index is 0.0554. The first-order valence-electron chi connectivity index (χ1n) is 15.1. The number of amides is 3. The zero-order valence-electron chi connectivity index (χ0n) is 25.4. The number of carbonyl (C=O) groups excluding carboxylic acids is 3. The van der Waals surface area contributed by atoms with Gasteiger partial charge in [-0.3, -0.25) is 19.3 Å². The second-order valence-electron chi connectivity index (χ2n) is 12.0. The lowest BCUT2D eigenvalue weighted by Gasteiger charge is -2.39. The third-order valence-electron chi connectivity index (χ3n) is 9.07. The van der Waals surface area contributed by atoms with Crippen LogP contribution in [-0.4, -0.2) is 53.8 Å². The number of anilines is 3. The number of aromatic nitrogens is 1. The van der Waals surface area contributed by atoms with Crippen molar-refractivity contribution in [3.8, 4) is 0 Å². The Kier molecular flexibility index (Phi) is 8.07. The van der Waals surface area contributed by atoms with Gasteiger partial charge in [-0.05, 0) is 61.2 Å². The molecule has 0 unspecified atom stereocenters. The number of likely N-dealkylation sites (tertiary alicyclic amines) is 1. The SMILES string of the molecule is C=CC(=O)N1CCC[C@H]1c1ccc(CN2C[C@H]3CC(=O)N(c4cc(C(F)(F)F)cc(C)n4)[C@@H]3C(=O)N(C)c3cccc(F)c32)cc1. The summed E-state index contributed by atoms with van der Waals surface area (Å²) in [6.45, 7) is 5.98. The zero-order valence-corrected chi connectivity index (χ0v) is 25.4. The number of aryl methyl sites for hydroxylation is 1. The van der Waals surface area contributed by atoms with E-state index in [9.17, 15) is 27.6 Å². The molecule has 3 amide bonds. The molecule has 2 fully saturated rings.